The van der Waals surface area contributed by atoms with Gasteiger partial charge in [-0.25, -0.2) is 8.78 Å². The van der Waals surface area contributed by atoms with Gasteiger partial charge in [-0.3, -0.25) is 4.79 Å². The summed E-state index contributed by atoms with van der Waals surface area (Å²) in [6, 6.07) is 21.3. The highest BCUT2D eigenvalue weighted by Crippen LogP contribution is 2.60. The Labute approximate surface area is 189 Å². The highest BCUT2D eigenvalue weighted by Gasteiger charge is 2.64. The molecule has 2 aliphatic rings. The van der Waals surface area contributed by atoms with Crippen LogP contribution in [0.15, 0.2) is 79.0 Å². The average Bonchev–Trinajstić information content (AvgIpc) is 3.15. The normalized spacial score (nSPS) is 22.1. The van der Waals surface area contributed by atoms with Gasteiger partial charge in [-0.05, 0) is 28.8 Å². The monoisotopic (exact) mass is 437 g/mol. The van der Waals surface area contributed by atoms with Gasteiger partial charge in [0.2, 0.25) is 0 Å². The lowest BCUT2D eigenvalue weighted by molar-refractivity contribution is 0.0874. The van der Waals surface area contributed by atoms with Crippen molar-refractivity contribution in [1.29, 1.82) is 10.5 Å². The van der Waals surface area contributed by atoms with E-state index in [4.69, 9.17) is 0 Å². The second-order valence-corrected chi connectivity index (χ2v) is 8.21. The Kier molecular flexibility index (Phi) is 4.80. The molecule has 33 heavy (non-hydrogen) atoms. The van der Waals surface area contributed by atoms with Crippen LogP contribution in [-0.4, -0.2) is 16.7 Å². The van der Waals surface area contributed by atoms with E-state index in [0.29, 0.717) is 11.1 Å². The molecule has 2 aliphatic heterocycles. The van der Waals surface area contributed by atoms with E-state index in [1.807, 2.05) is 24.3 Å². The van der Waals surface area contributed by atoms with E-state index in [1.54, 1.807) is 47.5 Å². The van der Waals surface area contributed by atoms with Gasteiger partial charge in [-0.15, -0.1) is 0 Å². The van der Waals surface area contributed by atoms with Gasteiger partial charge in [-0.2, -0.15) is 10.5 Å². The van der Waals surface area contributed by atoms with Crippen molar-refractivity contribution in [2.45, 2.75) is 18.0 Å². The maximum atomic E-state index is 15.1. The third-order valence-electron chi connectivity index (χ3n) is 6.57. The highest BCUT2D eigenvalue weighted by molar-refractivity contribution is 6.01. The van der Waals surface area contributed by atoms with E-state index < -0.39 is 35.1 Å². The predicted octanol–water partition coefficient (Wildman–Crippen LogP) is 5.37. The van der Waals surface area contributed by atoms with Crippen LogP contribution in [0.25, 0.3) is 6.08 Å². The number of carbonyl (C=O) groups is 1. The molecule has 0 bridgehead atoms. The second-order valence-electron chi connectivity index (χ2n) is 8.21. The fourth-order valence-corrected chi connectivity index (χ4v) is 5.17. The van der Waals surface area contributed by atoms with Crippen molar-refractivity contribution < 1.29 is 13.6 Å². The number of rotatable bonds is 3. The molecule has 2 heterocycles. The molecule has 4 nitrogen and oxygen atoms in total. The Morgan fingerprint density at radius 3 is 2.30 bits per heavy atom. The minimum atomic E-state index is -1.80. The van der Waals surface area contributed by atoms with Crippen LogP contribution in [0.4, 0.5) is 8.78 Å². The van der Waals surface area contributed by atoms with Gasteiger partial charge >= 0.3 is 0 Å². The van der Waals surface area contributed by atoms with Crippen molar-refractivity contribution >= 4 is 11.9 Å². The lowest BCUT2D eigenvalue weighted by Gasteiger charge is -2.34. The highest BCUT2D eigenvalue weighted by atomic mass is 19.1. The maximum absolute atomic E-state index is 15.1. The minimum absolute atomic E-state index is 0.0333. The van der Waals surface area contributed by atoms with E-state index in [0.717, 1.165) is 17.7 Å². The number of fused-ring (bicyclic) bond motifs is 3. The van der Waals surface area contributed by atoms with Gasteiger partial charge < -0.3 is 4.90 Å². The third kappa shape index (κ3) is 2.96. The molecule has 0 spiro atoms. The number of halogens is 2. The fraction of sp³-hybridized carbons (Fsp3) is 0.148. The number of hydrogen-bond acceptors (Lipinski definition) is 4. The summed E-state index contributed by atoms with van der Waals surface area (Å²) in [5.74, 6) is -3.16. The molecular formula is C27H17F2N3O. The zero-order valence-electron chi connectivity index (χ0n) is 17.3. The van der Waals surface area contributed by atoms with Gasteiger partial charge in [0.05, 0.1) is 18.2 Å². The summed E-state index contributed by atoms with van der Waals surface area (Å²) in [6.45, 7) is 0. The summed E-state index contributed by atoms with van der Waals surface area (Å²) in [7, 11) is 0. The summed E-state index contributed by atoms with van der Waals surface area (Å²) < 4.78 is 28.9. The number of nitrogens with zero attached hydrogens (tertiary/aromatic N) is 3. The maximum Gasteiger partial charge on any atom is 0.185 e. The van der Waals surface area contributed by atoms with Gasteiger partial charge in [0.15, 0.2) is 11.2 Å². The largest absolute Gasteiger partial charge is 0.357 e. The number of hydrogen-bond donors (Lipinski definition) is 0. The van der Waals surface area contributed by atoms with Crippen LogP contribution in [0.1, 0.15) is 39.0 Å². The molecule has 1 fully saturated rings. The topological polar surface area (TPSA) is 67.9 Å². The molecule has 0 aliphatic carbocycles. The number of Topliss-reactive ketones (excluding diaryl/α,β-unsaturated/α-hetero) is 1. The molecule has 6 heteroatoms. The quantitative estimate of drug-likeness (QED) is 0.517. The predicted molar refractivity (Wildman–Crippen MR) is 117 cm³/mol. The molecule has 5 rings (SSSR count). The summed E-state index contributed by atoms with van der Waals surface area (Å²) in [4.78, 5) is 15.5. The molecule has 3 aromatic carbocycles. The molecule has 3 atom stereocenters. The van der Waals surface area contributed by atoms with Crippen molar-refractivity contribution in [2.75, 3.05) is 0 Å². The zero-order chi connectivity index (χ0) is 23.2. The Morgan fingerprint density at radius 1 is 0.909 bits per heavy atom. The first-order valence-electron chi connectivity index (χ1n) is 10.4. The standard InChI is InChI=1S/C27H17F2N3O/c28-19-10-11-21(22(29)14-19)23-24(25(33)18-7-2-1-3-8-18)32-13-12-17-6-4-5-9-20(17)26(32)27(23,15-30)16-31/h1-14,23-24,26H. The number of benzene rings is 3. The Bertz CT molecular complexity index is 1360. The van der Waals surface area contributed by atoms with E-state index in [2.05, 4.69) is 12.1 Å². The molecule has 3 unspecified atom stereocenters. The lowest BCUT2D eigenvalue weighted by atomic mass is 9.67. The molecule has 0 aromatic heterocycles. The van der Waals surface area contributed by atoms with Crippen molar-refractivity contribution in [1.82, 2.24) is 4.90 Å². The minimum Gasteiger partial charge on any atom is -0.357 e. The fourth-order valence-electron chi connectivity index (χ4n) is 5.17. The molecule has 0 saturated carbocycles. The van der Waals surface area contributed by atoms with Crippen LogP contribution in [0.5, 0.6) is 0 Å². The van der Waals surface area contributed by atoms with E-state index in [1.165, 1.54) is 6.07 Å². The first-order valence-corrected chi connectivity index (χ1v) is 10.4. The Balaban J connectivity index is 1.80. The number of ketones is 1. The molecule has 3 aromatic rings. The summed E-state index contributed by atoms with van der Waals surface area (Å²) in [5, 5.41) is 20.8. The van der Waals surface area contributed by atoms with Gasteiger partial charge in [0.25, 0.3) is 0 Å². The SMILES string of the molecule is N#CC1(C#N)C(c2ccc(F)cc2F)C(C(=O)c2ccccc2)N2C=Cc3ccccc3C21. The Hall–Kier alpha value is -4.29. The molecule has 0 radical (unpaired) electrons. The third-order valence-corrected chi connectivity index (χ3v) is 6.57. The van der Waals surface area contributed by atoms with Crippen molar-refractivity contribution in [3.8, 4) is 12.1 Å². The summed E-state index contributed by atoms with van der Waals surface area (Å²) in [5.41, 5.74) is 0.0785. The molecule has 0 N–H and O–H groups in total. The smallest absolute Gasteiger partial charge is 0.185 e. The first kappa shape index (κ1) is 20.6. The van der Waals surface area contributed by atoms with E-state index in [9.17, 15) is 19.7 Å². The molecule has 0 amide bonds. The van der Waals surface area contributed by atoms with Crippen LogP contribution in [0, 0.1) is 39.7 Å². The number of nitriles is 2. The summed E-state index contributed by atoms with van der Waals surface area (Å²) in [6.07, 6.45) is 3.52. The van der Waals surface area contributed by atoms with Crippen molar-refractivity contribution in [2.24, 2.45) is 5.41 Å². The zero-order valence-corrected chi connectivity index (χ0v) is 17.3. The van der Waals surface area contributed by atoms with Gasteiger partial charge in [0.1, 0.15) is 17.7 Å². The number of carbonyl (C=O) groups excluding carboxylic acids is 1. The second kappa shape index (κ2) is 7.69. The lowest BCUT2D eigenvalue weighted by Crippen LogP contribution is -2.38. The Morgan fingerprint density at radius 2 is 1.61 bits per heavy atom. The van der Waals surface area contributed by atoms with Gasteiger partial charge in [0, 0.05) is 23.7 Å². The van der Waals surface area contributed by atoms with Crippen LogP contribution >= 0.6 is 0 Å². The first-order chi connectivity index (χ1) is 16.0. The molecule has 1 saturated heterocycles. The summed E-state index contributed by atoms with van der Waals surface area (Å²) >= 11 is 0. The van der Waals surface area contributed by atoms with Crippen molar-refractivity contribution in [3.63, 3.8) is 0 Å². The van der Waals surface area contributed by atoms with Crippen LogP contribution in [0.3, 0.4) is 0 Å². The van der Waals surface area contributed by atoms with E-state index >= 15 is 4.39 Å². The van der Waals surface area contributed by atoms with Gasteiger partial charge in [-0.1, -0.05) is 60.7 Å². The van der Waals surface area contributed by atoms with E-state index in [-0.39, 0.29) is 11.3 Å². The molecule has 160 valence electrons. The van der Waals surface area contributed by atoms with Crippen LogP contribution in [0.2, 0.25) is 0 Å². The van der Waals surface area contributed by atoms with Crippen molar-refractivity contribution in [3.05, 3.63) is 113 Å². The average molecular weight is 437 g/mol. The van der Waals surface area contributed by atoms with Crippen LogP contribution < -0.4 is 0 Å². The molecular weight excluding hydrogens is 420 g/mol. The van der Waals surface area contributed by atoms with Crippen LogP contribution in [-0.2, 0) is 0 Å².